The molecule has 0 saturated carbocycles. The fourth-order valence-electron chi connectivity index (χ4n) is 0.506. The van der Waals surface area contributed by atoms with Crippen molar-refractivity contribution in [2.75, 3.05) is 0 Å². The van der Waals surface area contributed by atoms with Crippen molar-refractivity contribution in [1.82, 2.24) is 4.98 Å². The minimum absolute atomic E-state index is 0.167. The first-order valence-electron chi connectivity index (χ1n) is 2.31. The summed E-state index contributed by atoms with van der Waals surface area (Å²) in [7, 11) is 0. The fourth-order valence-corrected chi connectivity index (χ4v) is 0.700. The van der Waals surface area contributed by atoms with Crippen LogP contribution in [-0.2, 0) is 0 Å². The summed E-state index contributed by atoms with van der Waals surface area (Å²) in [6, 6.07) is 1.45. The van der Waals surface area contributed by atoms with Crippen LogP contribution in [0.5, 0.6) is 0 Å². The van der Waals surface area contributed by atoms with Gasteiger partial charge in [0.05, 0.1) is 0 Å². The molecule has 0 unspecified atom stereocenters. The van der Waals surface area contributed by atoms with E-state index in [4.69, 9.17) is 5.11 Å². The van der Waals surface area contributed by atoms with E-state index in [1.807, 2.05) is 0 Å². The third kappa shape index (κ3) is 1.26. The zero-order chi connectivity index (χ0) is 6.85. The second-order valence-electron chi connectivity index (χ2n) is 1.58. The van der Waals surface area contributed by atoms with E-state index in [0.29, 0.717) is 4.90 Å². The van der Waals surface area contributed by atoms with Crippen molar-refractivity contribution in [3.8, 4) is 0 Å². The first-order chi connectivity index (χ1) is 4.20. The molecule has 1 aromatic rings. The normalized spacial score (nSPS) is 9.44. The van der Waals surface area contributed by atoms with Gasteiger partial charge < -0.3 is 10.1 Å². The summed E-state index contributed by atoms with van der Waals surface area (Å²) in [6.07, 6.45) is 1.52. The number of nitrogens with one attached hydrogen (secondary N) is 1. The second-order valence-corrected chi connectivity index (χ2v) is 2.09. The molecule has 1 aromatic heterocycles. The Labute approximate surface area is 57.1 Å². The van der Waals surface area contributed by atoms with Crippen LogP contribution in [0.15, 0.2) is 17.2 Å². The van der Waals surface area contributed by atoms with Crippen LogP contribution in [0.1, 0.15) is 10.5 Å². The summed E-state index contributed by atoms with van der Waals surface area (Å²) in [4.78, 5) is 13.3. The molecule has 0 atom stereocenters. The number of aromatic carboxylic acids is 1. The number of H-pyrrole nitrogens is 1. The lowest BCUT2D eigenvalue weighted by Crippen LogP contribution is -1.94. The van der Waals surface area contributed by atoms with Gasteiger partial charge in [-0.15, -0.1) is 12.6 Å². The standard InChI is InChI=1S/C5H5NO2S/c7-5(8)4-1-3(9)2-6-4/h1-2,6,9H,(H,7,8). The SMILES string of the molecule is O=C(O)c1cc(S)c[nH]1. The van der Waals surface area contributed by atoms with Crippen LogP contribution in [0.4, 0.5) is 0 Å². The Morgan fingerprint density at radius 3 is 2.67 bits per heavy atom. The predicted octanol–water partition coefficient (Wildman–Crippen LogP) is 1.00. The lowest BCUT2D eigenvalue weighted by Gasteiger charge is -1.81. The second kappa shape index (κ2) is 2.14. The Morgan fingerprint density at radius 1 is 1.78 bits per heavy atom. The number of aromatic nitrogens is 1. The summed E-state index contributed by atoms with van der Waals surface area (Å²) in [5.41, 5.74) is 0.167. The molecule has 0 aliphatic heterocycles. The van der Waals surface area contributed by atoms with Crippen molar-refractivity contribution in [3.63, 3.8) is 0 Å². The predicted molar refractivity (Wildman–Crippen MR) is 35.0 cm³/mol. The van der Waals surface area contributed by atoms with Crippen LogP contribution in [0, 0.1) is 0 Å². The van der Waals surface area contributed by atoms with Crippen molar-refractivity contribution in [2.45, 2.75) is 4.90 Å². The Hall–Kier alpha value is -0.900. The molecule has 0 bridgehead atoms. The van der Waals surface area contributed by atoms with E-state index in [1.54, 1.807) is 0 Å². The minimum Gasteiger partial charge on any atom is -0.477 e. The first-order valence-corrected chi connectivity index (χ1v) is 2.75. The van der Waals surface area contributed by atoms with Crippen LogP contribution in [-0.4, -0.2) is 16.1 Å². The zero-order valence-electron chi connectivity index (χ0n) is 4.46. The van der Waals surface area contributed by atoms with Crippen molar-refractivity contribution in [3.05, 3.63) is 18.0 Å². The third-order valence-corrected chi connectivity index (χ3v) is 1.16. The third-order valence-electron chi connectivity index (χ3n) is 0.898. The van der Waals surface area contributed by atoms with Crippen molar-refractivity contribution < 1.29 is 9.90 Å². The van der Waals surface area contributed by atoms with E-state index in [-0.39, 0.29) is 5.69 Å². The van der Waals surface area contributed by atoms with Gasteiger partial charge >= 0.3 is 5.97 Å². The average molecular weight is 143 g/mol. The number of carboxylic acids is 1. The highest BCUT2D eigenvalue weighted by atomic mass is 32.1. The van der Waals surface area contributed by atoms with Gasteiger partial charge in [0.1, 0.15) is 5.69 Å². The fraction of sp³-hybridized carbons (Fsp3) is 0. The number of aromatic amines is 1. The molecule has 4 heteroatoms. The maximum Gasteiger partial charge on any atom is 0.352 e. The quantitative estimate of drug-likeness (QED) is 0.514. The summed E-state index contributed by atoms with van der Waals surface area (Å²) in [5, 5.41) is 8.33. The van der Waals surface area contributed by atoms with E-state index in [2.05, 4.69) is 17.6 Å². The maximum absolute atomic E-state index is 10.1. The van der Waals surface area contributed by atoms with Gasteiger partial charge in [-0.05, 0) is 6.07 Å². The van der Waals surface area contributed by atoms with Gasteiger partial charge in [0, 0.05) is 11.1 Å². The van der Waals surface area contributed by atoms with E-state index in [9.17, 15) is 4.79 Å². The van der Waals surface area contributed by atoms with Gasteiger partial charge in [-0.1, -0.05) is 0 Å². The average Bonchev–Trinajstić information content (AvgIpc) is 2.14. The first kappa shape index (κ1) is 6.22. The summed E-state index contributed by atoms with van der Waals surface area (Å²) in [5.74, 6) is -0.963. The van der Waals surface area contributed by atoms with Gasteiger partial charge in [-0.2, -0.15) is 0 Å². The molecule has 0 radical (unpaired) electrons. The Kier molecular flexibility index (Phi) is 1.48. The molecule has 2 N–H and O–H groups in total. The van der Waals surface area contributed by atoms with Gasteiger partial charge in [0.15, 0.2) is 0 Å². The van der Waals surface area contributed by atoms with Gasteiger partial charge in [0.2, 0.25) is 0 Å². The number of rotatable bonds is 1. The molecular weight excluding hydrogens is 138 g/mol. The molecule has 48 valence electrons. The van der Waals surface area contributed by atoms with E-state index >= 15 is 0 Å². The lowest BCUT2D eigenvalue weighted by molar-refractivity contribution is 0.0691. The number of hydrogen-bond donors (Lipinski definition) is 3. The van der Waals surface area contributed by atoms with Crippen LogP contribution >= 0.6 is 12.6 Å². The minimum atomic E-state index is -0.963. The van der Waals surface area contributed by atoms with E-state index in [0.717, 1.165) is 0 Å². The highest BCUT2D eigenvalue weighted by Gasteiger charge is 2.02. The molecule has 0 fully saturated rings. The molecule has 0 aliphatic rings. The molecule has 0 amide bonds. The Balaban J connectivity index is 2.98. The highest BCUT2D eigenvalue weighted by Crippen LogP contribution is 2.06. The molecular formula is C5H5NO2S. The van der Waals surface area contributed by atoms with Crippen LogP contribution in [0.3, 0.4) is 0 Å². The van der Waals surface area contributed by atoms with E-state index in [1.165, 1.54) is 12.3 Å². The monoisotopic (exact) mass is 143 g/mol. The van der Waals surface area contributed by atoms with Crippen LogP contribution in [0.2, 0.25) is 0 Å². The molecule has 9 heavy (non-hydrogen) atoms. The molecule has 0 aromatic carbocycles. The smallest absolute Gasteiger partial charge is 0.352 e. The molecule has 0 spiro atoms. The van der Waals surface area contributed by atoms with Gasteiger partial charge in [-0.25, -0.2) is 4.79 Å². The molecule has 0 aliphatic carbocycles. The van der Waals surface area contributed by atoms with Gasteiger partial charge in [-0.3, -0.25) is 0 Å². The molecule has 0 saturated heterocycles. The lowest BCUT2D eigenvalue weighted by atomic mass is 10.4. The zero-order valence-corrected chi connectivity index (χ0v) is 5.35. The number of carbonyl (C=O) groups is 1. The molecule has 1 heterocycles. The number of thiol groups is 1. The van der Waals surface area contributed by atoms with Gasteiger partial charge in [0.25, 0.3) is 0 Å². The summed E-state index contributed by atoms with van der Waals surface area (Å²) >= 11 is 3.91. The Bertz CT molecular complexity index is 231. The largest absolute Gasteiger partial charge is 0.477 e. The summed E-state index contributed by atoms with van der Waals surface area (Å²) in [6.45, 7) is 0. The van der Waals surface area contributed by atoms with Crippen molar-refractivity contribution in [1.29, 1.82) is 0 Å². The van der Waals surface area contributed by atoms with Crippen LogP contribution in [0.25, 0.3) is 0 Å². The van der Waals surface area contributed by atoms with Crippen molar-refractivity contribution >= 4 is 18.6 Å². The molecule has 1 rings (SSSR count). The Morgan fingerprint density at radius 2 is 2.44 bits per heavy atom. The van der Waals surface area contributed by atoms with Crippen LogP contribution < -0.4 is 0 Å². The number of carboxylic acid groups (broad SMARTS) is 1. The number of hydrogen-bond acceptors (Lipinski definition) is 2. The van der Waals surface area contributed by atoms with E-state index < -0.39 is 5.97 Å². The topological polar surface area (TPSA) is 53.1 Å². The maximum atomic E-state index is 10.1. The summed E-state index contributed by atoms with van der Waals surface area (Å²) < 4.78 is 0. The molecule has 3 nitrogen and oxygen atoms in total. The van der Waals surface area contributed by atoms with Crippen molar-refractivity contribution in [2.24, 2.45) is 0 Å². The highest BCUT2D eigenvalue weighted by molar-refractivity contribution is 7.80.